The number of carbonyl (C=O) groups is 1. The molecule has 0 radical (unpaired) electrons. The van der Waals surface area contributed by atoms with Crippen molar-refractivity contribution in [2.24, 2.45) is 5.16 Å². The van der Waals surface area contributed by atoms with Crippen LogP contribution in [-0.4, -0.2) is 36.9 Å². The molecule has 0 N–H and O–H groups in total. The van der Waals surface area contributed by atoms with Crippen molar-refractivity contribution < 1.29 is 18.8 Å². The van der Waals surface area contributed by atoms with Crippen molar-refractivity contribution in [2.75, 3.05) is 0 Å². The maximum Gasteiger partial charge on any atom is 0.288 e. The number of halogens is 1. The molecule has 1 fully saturated rings. The van der Waals surface area contributed by atoms with E-state index in [-0.39, 0.29) is 10.9 Å². The summed E-state index contributed by atoms with van der Waals surface area (Å²) in [5.41, 5.74) is 3.41. The highest BCUT2D eigenvalue weighted by molar-refractivity contribution is 6.74. The summed E-state index contributed by atoms with van der Waals surface area (Å²) in [6, 6.07) is 27.0. The first-order valence-corrected chi connectivity index (χ1v) is 16.6. The first kappa shape index (κ1) is 27.6. The van der Waals surface area contributed by atoms with E-state index in [0.29, 0.717) is 18.0 Å². The van der Waals surface area contributed by atoms with Crippen LogP contribution in [0.15, 0.2) is 90.1 Å². The summed E-state index contributed by atoms with van der Waals surface area (Å²) in [4.78, 5) is 22.1. The Balaban J connectivity index is 1.60. The molecule has 0 aliphatic carbocycles. The van der Waals surface area contributed by atoms with Crippen LogP contribution >= 0.6 is 11.6 Å². The maximum atomic E-state index is 14.2. The zero-order chi connectivity index (χ0) is 27.8. The third-order valence-corrected chi connectivity index (χ3v) is 12.6. The smallest absolute Gasteiger partial charge is 0.288 e. The molecule has 0 aromatic heterocycles. The quantitative estimate of drug-likeness (QED) is 0.283. The number of nitrogens with zero attached hydrogens (tertiary/aromatic N) is 2. The number of amides is 1. The van der Waals surface area contributed by atoms with E-state index in [1.165, 1.54) is 0 Å². The first-order chi connectivity index (χ1) is 18.5. The second-order valence-electron chi connectivity index (χ2n) is 11.7. The Morgan fingerprint density at radius 2 is 1.62 bits per heavy atom. The van der Waals surface area contributed by atoms with E-state index >= 15 is 0 Å². The third kappa shape index (κ3) is 5.41. The largest absolute Gasteiger partial charge is 0.384 e. The maximum absolute atomic E-state index is 14.2. The SMILES string of the molecule is CC(C)(C)[Si](C)(C)O[C@]1([C@@H]2CC(c3ccc(Cl)cc3)=NO2)O[C@@H](c2ccccc2)C(=O)N1Cc1ccccc1. The minimum Gasteiger partial charge on any atom is -0.384 e. The molecule has 2 aliphatic rings. The number of rotatable bonds is 7. The van der Waals surface area contributed by atoms with E-state index in [2.05, 4.69) is 39.0 Å². The Morgan fingerprint density at radius 3 is 2.23 bits per heavy atom. The van der Waals surface area contributed by atoms with Crippen molar-refractivity contribution >= 4 is 31.5 Å². The molecule has 0 spiro atoms. The highest BCUT2D eigenvalue weighted by atomic mass is 35.5. The van der Waals surface area contributed by atoms with E-state index < -0.39 is 26.4 Å². The topological polar surface area (TPSA) is 60.4 Å². The molecule has 3 aromatic carbocycles. The van der Waals surface area contributed by atoms with Gasteiger partial charge in [-0.15, -0.1) is 0 Å². The van der Waals surface area contributed by atoms with Crippen LogP contribution in [0, 0.1) is 0 Å². The van der Waals surface area contributed by atoms with Gasteiger partial charge in [0.1, 0.15) is 0 Å². The lowest BCUT2D eigenvalue weighted by atomic mass is 10.0. The van der Waals surface area contributed by atoms with Crippen molar-refractivity contribution in [3.63, 3.8) is 0 Å². The van der Waals surface area contributed by atoms with Crippen molar-refractivity contribution in [1.82, 2.24) is 4.90 Å². The molecular formula is C31H35ClN2O4Si. The second-order valence-corrected chi connectivity index (χ2v) is 16.8. The fourth-order valence-corrected chi connectivity index (χ4v) is 6.12. The van der Waals surface area contributed by atoms with Gasteiger partial charge in [-0.3, -0.25) is 9.69 Å². The van der Waals surface area contributed by atoms with Gasteiger partial charge in [0, 0.05) is 11.4 Å². The lowest BCUT2D eigenvalue weighted by Gasteiger charge is -2.47. The van der Waals surface area contributed by atoms with Gasteiger partial charge in [-0.05, 0) is 47.0 Å². The molecule has 39 heavy (non-hydrogen) atoms. The zero-order valence-corrected chi connectivity index (χ0v) is 24.8. The van der Waals surface area contributed by atoms with Crippen LogP contribution in [0.1, 0.15) is 50.0 Å². The minimum absolute atomic E-state index is 0.145. The van der Waals surface area contributed by atoms with Crippen LogP contribution in [0.3, 0.4) is 0 Å². The summed E-state index contributed by atoms with van der Waals surface area (Å²) in [6.07, 6.45) is -1.09. The molecule has 204 valence electrons. The van der Waals surface area contributed by atoms with Crippen molar-refractivity contribution in [3.8, 4) is 0 Å². The van der Waals surface area contributed by atoms with Crippen molar-refractivity contribution in [2.45, 2.75) is 70.0 Å². The number of ether oxygens (including phenoxy) is 1. The molecule has 0 saturated carbocycles. The van der Waals surface area contributed by atoms with Gasteiger partial charge in [0.25, 0.3) is 11.8 Å². The number of hydrogen-bond donors (Lipinski definition) is 0. The summed E-state index contributed by atoms with van der Waals surface area (Å²) < 4.78 is 14.0. The normalized spacial score (nSPS) is 23.6. The van der Waals surface area contributed by atoms with Crippen LogP contribution < -0.4 is 0 Å². The molecule has 6 nitrogen and oxygen atoms in total. The van der Waals surface area contributed by atoms with Gasteiger partial charge in [0.15, 0.2) is 14.4 Å². The summed E-state index contributed by atoms with van der Waals surface area (Å²) in [6.45, 7) is 11.2. The van der Waals surface area contributed by atoms with Gasteiger partial charge in [-0.25, -0.2) is 0 Å². The molecule has 8 heteroatoms. The highest BCUT2D eigenvalue weighted by Crippen LogP contribution is 2.49. The van der Waals surface area contributed by atoms with E-state index in [1.54, 1.807) is 4.90 Å². The monoisotopic (exact) mass is 562 g/mol. The van der Waals surface area contributed by atoms with Crippen LogP contribution in [0.5, 0.6) is 0 Å². The predicted molar refractivity (Wildman–Crippen MR) is 156 cm³/mol. The Hall–Kier alpha value is -2.97. The second kappa shape index (κ2) is 10.5. The Morgan fingerprint density at radius 1 is 1.00 bits per heavy atom. The van der Waals surface area contributed by atoms with Crippen LogP contribution in [0.25, 0.3) is 0 Å². The number of carbonyl (C=O) groups excluding carboxylic acids is 1. The average Bonchev–Trinajstić information content (AvgIpc) is 3.50. The molecule has 5 rings (SSSR count). The average molecular weight is 563 g/mol. The number of benzene rings is 3. The van der Waals surface area contributed by atoms with Gasteiger partial charge in [0.05, 0.1) is 12.3 Å². The van der Waals surface area contributed by atoms with Crippen molar-refractivity contribution in [3.05, 3.63) is 107 Å². The van der Waals surface area contributed by atoms with Crippen LogP contribution in [-0.2, 0) is 25.3 Å². The Bertz CT molecular complexity index is 1340. The van der Waals surface area contributed by atoms with Gasteiger partial charge in [-0.2, -0.15) is 0 Å². The summed E-state index contributed by atoms with van der Waals surface area (Å²) in [5, 5.41) is 4.96. The van der Waals surface area contributed by atoms with Crippen LogP contribution in [0.4, 0.5) is 0 Å². The standard InChI is InChI=1S/C31H35ClN2O4Si/c1-30(2,3)39(4,5)38-31(27-20-26(33-37-27)23-16-18-25(32)19-17-23)34(21-22-12-8-6-9-13-22)29(35)28(36-31)24-14-10-7-11-15-24/h6-19,27-28H,20-21H2,1-5H3/t27-,28-,31-/m0/s1. The van der Waals surface area contributed by atoms with E-state index in [4.69, 9.17) is 25.6 Å². The summed E-state index contributed by atoms with van der Waals surface area (Å²) in [7, 11) is -2.50. The number of hydrogen-bond acceptors (Lipinski definition) is 5. The predicted octanol–water partition coefficient (Wildman–Crippen LogP) is 7.31. The molecule has 1 amide bonds. The molecule has 2 aliphatic heterocycles. The molecule has 0 unspecified atom stereocenters. The lowest BCUT2D eigenvalue weighted by molar-refractivity contribution is -0.298. The van der Waals surface area contributed by atoms with Gasteiger partial charge >= 0.3 is 0 Å². The van der Waals surface area contributed by atoms with Gasteiger partial charge < -0.3 is 14.0 Å². The van der Waals surface area contributed by atoms with Crippen molar-refractivity contribution in [1.29, 1.82) is 0 Å². The summed E-state index contributed by atoms with van der Waals surface area (Å²) in [5.74, 6) is -1.64. The third-order valence-electron chi connectivity index (χ3n) is 7.90. The molecule has 3 atom stereocenters. The zero-order valence-electron chi connectivity index (χ0n) is 23.1. The van der Waals surface area contributed by atoms with Gasteiger partial charge in [-0.1, -0.05) is 110 Å². The summed E-state index contributed by atoms with van der Waals surface area (Å²) >= 11 is 6.12. The molecule has 1 saturated heterocycles. The van der Waals surface area contributed by atoms with E-state index in [0.717, 1.165) is 22.4 Å². The fraction of sp³-hybridized carbons (Fsp3) is 0.355. The highest BCUT2D eigenvalue weighted by Gasteiger charge is 2.64. The first-order valence-electron chi connectivity index (χ1n) is 13.3. The van der Waals surface area contributed by atoms with Crippen LogP contribution in [0.2, 0.25) is 23.2 Å². The molecule has 3 aromatic rings. The van der Waals surface area contributed by atoms with E-state index in [9.17, 15) is 4.79 Å². The van der Waals surface area contributed by atoms with Gasteiger partial charge in [0.2, 0.25) is 6.10 Å². The molecule has 0 bridgehead atoms. The fourth-order valence-electron chi connectivity index (χ4n) is 4.67. The molecule has 2 heterocycles. The Kier molecular flexibility index (Phi) is 7.46. The van der Waals surface area contributed by atoms with E-state index in [1.807, 2.05) is 84.9 Å². The lowest BCUT2D eigenvalue weighted by Crippen LogP contribution is -2.62. The molecular weight excluding hydrogens is 528 g/mol. The Labute approximate surface area is 236 Å². The number of oxime groups is 1. The minimum atomic E-state index is -2.50.